The van der Waals surface area contributed by atoms with E-state index in [0.29, 0.717) is 6.04 Å². The van der Waals surface area contributed by atoms with E-state index in [1.54, 1.807) is 11.3 Å². The first-order valence-electron chi connectivity index (χ1n) is 8.43. The van der Waals surface area contributed by atoms with E-state index in [0.717, 1.165) is 18.5 Å². The highest BCUT2D eigenvalue weighted by molar-refractivity contribution is 7.10. The Labute approximate surface area is 142 Å². The normalized spacial score (nSPS) is 16.7. The fourth-order valence-electron chi connectivity index (χ4n) is 3.39. The second-order valence-corrected chi connectivity index (χ2v) is 7.17. The highest BCUT2D eigenvalue weighted by Crippen LogP contribution is 2.32. The van der Waals surface area contributed by atoms with Crippen LogP contribution >= 0.6 is 11.3 Å². The van der Waals surface area contributed by atoms with Gasteiger partial charge in [0.05, 0.1) is 6.04 Å². The molecule has 1 aromatic carbocycles. The largest absolute Gasteiger partial charge is 0.322 e. The molecule has 1 aliphatic rings. The van der Waals surface area contributed by atoms with Crippen molar-refractivity contribution in [1.82, 2.24) is 4.90 Å². The number of carbonyl (C=O) groups is 1. The Balaban J connectivity index is 1.80. The zero-order valence-electron chi connectivity index (χ0n) is 13.6. The van der Waals surface area contributed by atoms with Gasteiger partial charge in [-0.3, -0.25) is 0 Å². The van der Waals surface area contributed by atoms with Gasteiger partial charge in [0.25, 0.3) is 0 Å². The van der Waals surface area contributed by atoms with E-state index in [1.807, 2.05) is 30.3 Å². The van der Waals surface area contributed by atoms with Crippen LogP contribution in [0.4, 0.5) is 10.5 Å². The van der Waals surface area contributed by atoms with E-state index >= 15 is 0 Å². The molecular formula is C19H24N2OS. The Morgan fingerprint density at radius 1 is 1.13 bits per heavy atom. The molecule has 0 aliphatic heterocycles. The number of rotatable bonds is 4. The number of thiophene rings is 1. The van der Waals surface area contributed by atoms with Gasteiger partial charge in [-0.05, 0) is 43.3 Å². The topological polar surface area (TPSA) is 32.3 Å². The number of para-hydroxylation sites is 1. The molecule has 3 nitrogen and oxygen atoms in total. The maximum Gasteiger partial charge on any atom is 0.322 e. The molecule has 1 atom stereocenters. The third kappa shape index (κ3) is 3.94. The van der Waals surface area contributed by atoms with Crippen molar-refractivity contribution in [3.05, 3.63) is 52.7 Å². The number of amides is 2. The zero-order valence-corrected chi connectivity index (χ0v) is 14.4. The van der Waals surface area contributed by atoms with Crippen LogP contribution in [0.15, 0.2) is 47.8 Å². The predicted molar refractivity (Wildman–Crippen MR) is 96.9 cm³/mol. The van der Waals surface area contributed by atoms with Crippen LogP contribution in [0.2, 0.25) is 0 Å². The van der Waals surface area contributed by atoms with E-state index in [4.69, 9.17) is 0 Å². The molecule has 1 saturated carbocycles. The molecule has 2 aromatic rings. The first kappa shape index (κ1) is 16.1. The Morgan fingerprint density at radius 3 is 2.52 bits per heavy atom. The Hall–Kier alpha value is -1.81. The maximum atomic E-state index is 13.0. The van der Waals surface area contributed by atoms with E-state index in [9.17, 15) is 4.79 Å². The minimum absolute atomic E-state index is 0.0176. The van der Waals surface area contributed by atoms with Gasteiger partial charge in [-0.15, -0.1) is 11.3 Å². The Kier molecular flexibility index (Phi) is 5.34. The first-order valence-corrected chi connectivity index (χ1v) is 9.31. The molecule has 2 amide bonds. The summed E-state index contributed by atoms with van der Waals surface area (Å²) in [5.41, 5.74) is 0.858. The average Bonchev–Trinajstić information content (AvgIpc) is 3.11. The fraction of sp³-hybridized carbons (Fsp3) is 0.421. The first-order chi connectivity index (χ1) is 11.3. The van der Waals surface area contributed by atoms with Crippen molar-refractivity contribution in [2.75, 3.05) is 5.32 Å². The van der Waals surface area contributed by atoms with Crippen LogP contribution in [0.1, 0.15) is 49.9 Å². The van der Waals surface area contributed by atoms with E-state index in [1.165, 1.54) is 24.1 Å². The van der Waals surface area contributed by atoms with Gasteiger partial charge in [-0.25, -0.2) is 4.79 Å². The fourth-order valence-corrected chi connectivity index (χ4v) is 4.17. The molecule has 1 N–H and O–H groups in total. The lowest BCUT2D eigenvalue weighted by molar-refractivity contribution is 0.140. The zero-order chi connectivity index (χ0) is 16.1. The molecule has 1 heterocycles. The average molecular weight is 328 g/mol. The standard InChI is InChI=1S/C19H24N2OS/c1-15(18-13-8-14-23-18)21(17-11-6-3-7-12-17)19(22)20-16-9-4-2-5-10-16/h2,4-5,8-10,13-15,17H,3,6-7,11-12H2,1H3,(H,20,22)/t15-/m0/s1. The molecule has 1 aliphatic carbocycles. The molecule has 0 radical (unpaired) electrons. The van der Waals surface area contributed by atoms with Crippen LogP contribution in [0.5, 0.6) is 0 Å². The van der Waals surface area contributed by atoms with Gasteiger partial charge in [0.2, 0.25) is 0 Å². The minimum atomic E-state index is 0.0176. The van der Waals surface area contributed by atoms with Crippen LogP contribution in [0.3, 0.4) is 0 Å². The van der Waals surface area contributed by atoms with Crippen molar-refractivity contribution in [3.8, 4) is 0 Å². The highest BCUT2D eigenvalue weighted by Gasteiger charge is 2.30. The smallest absolute Gasteiger partial charge is 0.314 e. The number of nitrogens with one attached hydrogen (secondary N) is 1. The summed E-state index contributed by atoms with van der Waals surface area (Å²) in [6, 6.07) is 14.4. The van der Waals surface area contributed by atoms with E-state index < -0.39 is 0 Å². The molecule has 1 aromatic heterocycles. The summed E-state index contributed by atoms with van der Waals surface area (Å²) in [5, 5.41) is 5.16. The lowest BCUT2D eigenvalue weighted by atomic mass is 9.93. The summed E-state index contributed by atoms with van der Waals surface area (Å²) in [4.78, 5) is 16.3. The lowest BCUT2D eigenvalue weighted by Gasteiger charge is -2.38. The number of anilines is 1. The summed E-state index contributed by atoms with van der Waals surface area (Å²) in [6.45, 7) is 2.14. The van der Waals surface area contributed by atoms with Crippen LogP contribution < -0.4 is 5.32 Å². The molecule has 0 spiro atoms. The number of nitrogens with zero attached hydrogens (tertiary/aromatic N) is 1. The van der Waals surface area contributed by atoms with E-state index in [-0.39, 0.29) is 12.1 Å². The highest BCUT2D eigenvalue weighted by atomic mass is 32.1. The predicted octanol–water partition coefficient (Wildman–Crippen LogP) is 5.68. The second-order valence-electron chi connectivity index (χ2n) is 6.19. The third-order valence-corrected chi connectivity index (χ3v) is 5.64. The monoisotopic (exact) mass is 328 g/mol. The van der Waals surface area contributed by atoms with Crippen molar-refractivity contribution in [2.24, 2.45) is 0 Å². The number of carbonyl (C=O) groups excluding carboxylic acids is 1. The van der Waals surface area contributed by atoms with Gasteiger partial charge < -0.3 is 10.2 Å². The molecule has 23 heavy (non-hydrogen) atoms. The van der Waals surface area contributed by atoms with Crippen molar-refractivity contribution in [1.29, 1.82) is 0 Å². The molecule has 4 heteroatoms. The van der Waals surface area contributed by atoms with E-state index in [2.05, 4.69) is 34.7 Å². The van der Waals surface area contributed by atoms with Gasteiger partial charge in [0.1, 0.15) is 0 Å². The third-order valence-electron chi connectivity index (χ3n) is 4.60. The Morgan fingerprint density at radius 2 is 1.87 bits per heavy atom. The van der Waals surface area contributed by atoms with Crippen LogP contribution in [-0.4, -0.2) is 17.0 Å². The molecular weight excluding hydrogens is 304 g/mol. The quantitative estimate of drug-likeness (QED) is 0.770. The van der Waals surface area contributed by atoms with Crippen LogP contribution in [0, 0.1) is 0 Å². The van der Waals surface area contributed by atoms with Crippen molar-refractivity contribution < 1.29 is 4.79 Å². The van der Waals surface area contributed by atoms with Crippen molar-refractivity contribution >= 4 is 23.1 Å². The van der Waals surface area contributed by atoms with Crippen molar-refractivity contribution in [3.63, 3.8) is 0 Å². The summed E-state index contributed by atoms with van der Waals surface area (Å²) in [6.07, 6.45) is 5.95. The summed E-state index contributed by atoms with van der Waals surface area (Å²) in [7, 11) is 0. The molecule has 0 bridgehead atoms. The second kappa shape index (κ2) is 7.64. The number of hydrogen-bond acceptors (Lipinski definition) is 2. The molecule has 1 fully saturated rings. The summed E-state index contributed by atoms with van der Waals surface area (Å²) < 4.78 is 0. The molecule has 0 saturated heterocycles. The number of benzene rings is 1. The van der Waals surface area contributed by atoms with Crippen LogP contribution in [-0.2, 0) is 0 Å². The lowest BCUT2D eigenvalue weighted by Crippen LogP contribution is -2.45. The van der Waals surface area contributed by atoms with Gasteiger partial charge >= 0.3 is 6.03 Å². The maximum absolute atomic E-state index is 13.0. The SMILES string of the molecule is C[C@@H](c1cccs1)N(C(=O)Nc1ccccc1)C1CCCCC1. The Bertz CT molecular complexity index is 606. The van der Waals surface area contributed by atoms with Gasteiger partial charge in [-0.2, -0.15) is 0 Å². The number of hydrogen-bond donors (Lipinski definition) is 1. The molecule has 0 unspecified atom stereocenters. The van der Waals surface area contributed by atoms with Gasteiger partial charge in [0, 0.05) is 16.6 Å². The molecule has 122 valence electrons. The summed E-state index contributed by atoms with van der Waals surface area (Å²) in [5.74, 6) is 0. The molecule has 3 rings (SSSR count). The number of urea groups is 1. The van der Waals surface area contributed by atoms with Gasteiger partial charge in [0.15, 0.2) is 0 Å². The minimum Gasteiger partial charge on any atom is -0.314 e. The summed E-state index contributed by atoms with van der Waals surface area (Å²) >= 11 is 1.73. The van der Waals surface area contributed by atoms with Gasteiger partial charge in [-0.1, -0.05) is 43.5 Å². The van der Waals surface area contributed by atoms with Crippen molar-refractivity contribution in [2.45, 2.75) is 51.1 Å². The van der Waals surface area contributed by atoms with Crippen LogP contribution in [0.25, 0.3) is 0 Å².